The number of rotatable bonds is 5. The number of hydrogen-bond donors (Lipinski definition) is 1. The maximum absolute atomic E-state index is 13.7. The van der Waals surface area contributed by atoms with Gasteiger partial charge in [0, 0.05) is 10.0 Å². The molecule has 5 heteroatoms. The van der Waals surface area contributed by atoms with Gasteiger partial charge in [-0.25, -0.2) is 4.39 Å². The van der Waals surface area contributed by atoms with Gasteiger partial charge in [-0.05, 0) is 48.2 Å². The fraction of sp³-hybridized carbons (Fsp3) is 0.188. The molecule has 0 aromatic heterocycles. The van der Waals surface area contributed by atoms with Crippen molar-refractivity contribution < 1.29 is 14.3 Å². The van der Waals surface area contributed by atoms with Gasteiger partial charge in [-0.2, -0.15) is 0 Å². The van der Waals surface area contributed by atoms with Gasteiger partial charge in [0.1, 0.15) is 5.82 Å². The van der Waals surface area contributed by atoms with Crippen LogP contribution >= 0.6 is 23.2 Å². The lowest BCUT2D eigenvalue weighted by Crippen LogP contribution is -2.20. The molecular formula is C16H13Cl2FO2. The third kappa shape index (κ3) is 4.19. The van der Waals surface area contributed by atoms with Crippen LogP contribution in [0.1, 0.15) is 11.1 Å². The zero-order valence-electron chi connectivity index (χ0n) is 11.0. The first-order valence-corrected chi connectivity index (χ1v) is 7.13. The Morgan fingerprint density at radius 2 is 1.76 bits per heavy atom. The number of carbonyl (C=O) groups is 1. The van der Waals surface area contributed by atoms with Crippen LogP contribution < -0.4 is 0 Å². The molecule has 2 aromatic rings. The van der Waals surface area contributed by atoms with E-state index < -0.39 is 17.7 Å². The number of carboxylic acid groups (broad SMARTS) is 1. The Labute approximate surface area is 132 Å². The predicted molar refractivity (Wildman–Crippen MR) is 81.4 cm³/mol. The molecule has 0 amide bonds. The van der Waals surface area contributed by atoms with E-state index in [1.807, 2.05) is 0 Å². The SMILES string of the molecule is O=C(O)C(Cc1cc(Cl)ccc1F)Cc1ccccc1Cl. The van der Waals surface area contributed by atoms with Crippen molar-refractivity contribution in [2.75, 3.05) is 0 Å². The highest BCUT2D eigenvalue weighted by molar-refractivity contribution is 6.31. The van der Waals surface area contributed by atoms with Crippen LogP contribution in [0, 0.1) is 11.7 Å². The summed E-state index contributed by atoms with van der Waals surface area (Å²) >= 11 is 11.9. The molecule has 1 unspecified atom stereocenters. The standard InChI is InChI=1S/C16H13Cl2FO2/c17-13-5-6-15(19)11(9-13)8-12(16(20)21)7-10-3-1-2-4-14(10)18/h1-6,9,12H,7-8H2,(H,20,21). The number of benzene rings is 2. The quantitative estimate of drug-likeness (QED) is 0.870. The molecule has 0 radical (unpaired) electrons. The minimum absolute atomic E-state index is 0.0625. The van der Waals surface area contributed by atoms with Crippen LogP contribution in [0.25, 0.3) is 0 Å². The van der Waals surface area contributed by atoms with E-state index in [1.54, 1.807) is 24.3 Å². The van der Waals surface area contributed by atoms with Crippen molar-refractivity contribution in [3.05, 3.63) is 69.5 Å². The van der Waals surface area contributed by atoms with Gasteiger partial charge in [0.05, 0.1) is 5.92 Å². The molecule has 1 atom stereocenters. The van der Waals surface area contributed by atoms with Crippen LogP contribution in [-0.2, 0) is 17.6 Å². The molecule has 0 spiro atoms. The highest BCUT2D eigenvalue weighted by atomic mass is 35.5. The Morgan fingerprint density at radius 1 is 1.10 bits per heavy atom. The van der Waals surface area contributed by atoms with Crippen LogP contribution in [0.2, 0.25) is 10.0 Å². The van der Waals surface area contributed by atoms with Gasteiger partial charge in [-0.15, -0.1) is 0 Å². The Morgan fingerprint density at radius 3 is 2.43 bits per heavy atom. The summed E-state index contributed by atoms with van der Waals surface area (Å²) in [6.07, 6.45) is 0.300. The third-order valence-corrected chi connectivity index (χ3v) is 3.85. The van der Waals surface area contributed by atoms with Gasteiger partial charge < -0.3 is 5.11 Å². The van der Waals surface area contributed by atoms with Crippen LogP contribution in [0.3, 0.4) is 0 Å². The molecule has 2 nitrogen and oxygen atoms in total. The number of hydrogen-bond acceptors (Lipinski definition) is 1. The van der Waals surface area contributed by atoms with E-state index in [1.165, 1.54) is 18.2 Å². The molecular weight excluding hydrogens is 314 g/mol. The van der Waals surface area contributed by atoms with Crippen molar-refractivity contribution in [1.29, 1.82) is 0 Å². The predicted octanol–water partition coefficient (Wildman–Crippen LogP) is 4.62. The molecule has 0 bridgehead atoms. The molecule has 21 heavy (non-hydrogen) atoms. The topological polar surface area (TPSA) is 37.3 Å². The zero-order chi connectivity index (χ0) is 15.4. The van der Waals surface area contributed by atoms with E-state index in [9.17, 15) is 14.3 Å². The summed E-state index contributed by atoms with van der Waals surface area (Å²) < 4.78 is 13.7. The Hall–Kier alpha value is -1.58. The fourth-order valence-corrected chi connectivity index (χ4v) is 2.55. The molecule has 0 aliphatic rings. The number of carboxylic acids is 1. The van der Waals surface area contributed by atoms with Crippen LogP contribution in [-0.4, -0.2) is 11.1 Å². The van der Waals surface area contributed by atoms with Gasteiger partial charge in [0.25, 0.3) is 0 Å². The Kier molecular flexibility index (Phi) is 5.21. The van der Waals surface area contributed by atoms with Gasteiger partial charge in [-0.3, -0.25) is 4.79 Å². The minimum atomic E-state index is -0.991. The van der Waals surface area contributed by atoms with Gasteiger partial charge >= 0.3 is 5.97 Å². The summed E-state index contributed by atoms with van der Waals surface area (Å²) in [6, 6.07) is 11.2. The summed E-state index contributed by atoms with van der Waals surface area (Å²) in [5, 5.41) is 10.2. The number of halogens is 3. The lowest BCUT2D eigenvalue weighted by molar-refractivity contribution is -0.141. The van der Waals surface area contributed by atoms with Crippen molar-refractivity contribution in [1.82, 2.24) is 0 Å². The third-order valence-electron chi connectivity index (χ3n) is 3.25. The van der Waals surface area contributed by atoms with E-state index in [0.717, 1.165) is 5.56 Å². The summed E-state index contributed by atoms with van der Waals surface area (Å²) in [7, 11) is 0. The van der Waals surface area contributed by atoms with Crippen molar-refractivity contribution >= 4 is 29.2 Å². The average Bonchev–Trinajstić information content (AvgIpc) is 2.44. The highest BCUT2D eigenvalue weighted by Gasteiger charge is 2.21. The largest absolute Gasteiger partial charge is 0.481 e. The Balaban J connectivity index is 2.22. The van der Waals surface area contributed by atoms with Gasteiger partial charge in [0.2, 0.25) is 0 Å². The maximum Gasteiger partial charge on any atom is 0.307 e. The number of aliphatic carboxylic acids is 1. The second-order valence-electron chi connectivity index (χ2n) is 4.77. The summed E-state index contributed by atoms with van der Waals surface area (Å²) in [5.74, 6) is -2.21. The molecule has 110 valence electrons. The molecule has 0 saturated heterocycles. The van der Waals surface area contributed by atoms with Crippen molar-refractivity contribution in [2.24, 2.45) is 5.92 Å². The molecule has 2 rings (SSSR count). The lowest BCUT2D eigenvalue weighted by atomic mass is 9.92. The van der Waals surface area contributed by atoms with Crippen LogP contribution in [0.4, 0.5) is 4.39 Å². The summed E-state index contributed by atoms with van der Waals surface area (Å²) in [4.78, 5) is 11.4. The van der Waals surface area contributed by atoms with E-state index in [0.29, 0.717) is 15.6 Å². The molecule has 0 heterocycles. The molecule has 0 saturated carbocycles. The highest BCUT2D eigenvalue weighted by Crippen LogP contribution is 2.23. The van der Waals surface area contributed by atoms with Gasteiger partial charge in [0.15, 0.2) is 0 Å². The molecule has 1 N–H and O–H groups in total. The summed E-state index contributed by atoms with van der Waals surface area (Å²) in [6.45, 7) is 0. The first-order valence-electron chi connectivity index (χ1n) is 6.37. The molecule has 2 aromatic carbocycles. The first kappa shape index (κ1) is 15.8. The van der Waals surface area contributed by atoms with Crippen LogP contribution in [0.5, 0.6) is 0 Å². The maximum atomic E-state index is 13.7. The summed E-state index contributed by atoms with van der Waals surface area (Å²) in [5.41, 5.74) is 1.02. The smallest absolute Gasteiger partial charge is 0.307 e. The monoisotopic (exact) mass is 326 g/mol. The normalized spacial score (nSPS) is 12.1. The van der Waals surface area contributed by atoms with E-state index >= 15 is 0 Å². The average molecular weight is 327 g/mol. The fourth-order valence-electron chi connectivity index (χ4n) is 2.14. The lowest BCUT2D eigenvalue weighted by Gasteiger charge is -2.14. The van der Waals surface area contributed by atoms with Crippen molar-refractivity contribution in [3.8, 4) is 0 Å². The first-order chi connectivity index (χ1) is 9.97. The minimum Gasteiger partial charge on any atom is -0.481 e. The van der Waals surface area contributed by atoms with Gasteiger partial charge in [-0.1, -0.05) is 41.4 Å². The van der Waals surface area contributed by atoms with Crippen molar-refractivity contribution in [2.45, 2.75) is 12.8 Å². The Bertz CT molecular complexity index is 658. The molecule has 0 aliphatic carbocycles. The van der Waals surface area contributed by atoms with Crippen molar-refractivity contribution in [3.63, 3.8) is 0 Å². The van der Waals surface area contributed by atoms with E-state index in [2.05, 4.69) is 0 Å². The zero-order valence-corrected chi connectivity index (χ0v) is 12.5. The van der Waals surface area contributed by atoms with E-state index in [-0.39, 0.29) is 12.8 Å². The van der Waals surface area contributed by atoms with E-state index in [4.69, 9.17) is 23.2 Å². The molecule has 0 aliphatic heterocycles. The molecule has 0 fully saturated rings. The van der Waals surface area contributed by atoms with Crippen LogP contribution in [0.15, 0.2) is 42.5 Å². The second kappa shape index (κ2) is 6.92. The second-order valence-corrected chi connectivity index (χ2v) is 5.61.